The van der Waals surface area contributed by atoms with Gasteiger partial charge in [0.15, 0.2) is 0 Å². The number of unbranched alkanes of at least 4 members (excludes halogenated alkanes) is 28. The predicted molar refractivity (Wildman–Crippen MR) is 188 cm³/mol. The van der Waals surface area contributed by atoms with E-state index in [-0.39, 0.29) is 0 Å². The van der Waals surface area contributed by atoms with E-state index in [1.165, 1.54) is 219 Å². The van der Waals surface area contributed by atoms with Gasteiger partial charge in [-0.15, -0.1) is 0 Å². The van der Waals surface area contributed by atoms with Crippen molar-refractivity contribution in [2.45, 2.75) is 239 Å². The second-order valence-corrected chi connectivity index (χ2v) is 13.8. The molecule has 0 aliphatic carbocycles. The molecule has 0 unspecified atom stereocenters. The van der Waals surface area contributed by atoms with Crippen LogP contribution in [-0.4, -0.2) is 4.57 Å². The Labute approximate surface area is 266 Å². The van der Waals surface area contributed by atoms with Crippen molar-refractivity contribution in [1.82, 2.24) is 4.57 Å². The largest absolute Gasteiger partial charge is 0.256 e. The molecule has 0 spiro atoms. The molecular weight excluding hydrogens is 508 g/mol. The van der Waals surface area contributed by atoms with Gasteiger partial charge in [-0.1, -0.05) is 188 Å². The van der Waals surface area contributed by atoms with Crippen LogP contribution in [0.2, 0.25) is 0 Å². The summed E-state index contributed by atoms with van der Waals surface area (Å²) in [5.41, 5.74) is 0. The molecule has 0 N–H and O–H groups in total. The van der Waals surface area contributed by atoms with Gasteiger partial charge in [0.2, 0.25) is 0 Å². The number of nitrogens with zero attached hydrogens (tertiary/aromatic N) is 2. The summed E-state index contributed by atoms with van der Waals surface area (Å²) in [6, 6.07) is 0. The van der Waals surface area contributed by atoms with E-state index in [1.807, 2.05) is 0 Å². The molecular formula is C40H79N2+. The van der Waals surface area contributed by atoms with Crippen LogP contribution in [0.15, 0.2) is 12.4 Å². The maximum Gasteiger partial charge on any atom is 0.256 e. The summed E-state index contributed by atoms with van der Waals surface area (Å²) in [5, 5.41) is 0. The molecule has 2 nitrogen and oxygen atoms in total. The minimum absolute atomic E-state index is 1.22. The van der Waals surface area contributed by atoms with Crippen molar-refractivity contribution < 1.29 is 4.57 Å². The highest BCUT2D eigenvalue weighted by Crippen LogP contribution is 2.16. The zero-order valence-electron chi connectivity index (χ0n) is 29.6. The number of rotatable bonds is 34. The van der Waals surface area contributed by atoms with Gasteiger partial charge in [-0.05, 0) is 32.1 Å². The lowest BCUT2D eigenvalue weighted by Gasteiger charge is -2.07. The Morgan fingerprint density at radius 2 is 0.738 bits per heavy atom. The normalized spacial score (nSPS) is 11.6. The van der Waals surface area contributed by atoms with E-state index in [0.717, 1.165) is 0 Å². The highest BCUT2D eigenvalue weighted by molar-refractivity contribution is 4.84. The SMILES string of the molecule is CCCCCCCCCCCCCCCCCc1n(CCCCCCCCCCCCCC)cc[n+]1CCCCCC. The topological polar surface area (TPSA) is 8.81 Å². The van der Waals surface area contributed by atoms with E-state index in [4.69, 9.17) is 0 Å². The van der Waals surface area contributed by atoms with Crippen LogP contribution in [0.5, 0.6) is 0 Å². The highest BCUT2D eigenvalue weighted by atomic mass is 15.1. The fraction of sp³-hybridized carbons (Fsp3) is 0.925. The maximum absolute atomic E-state index is 2.62. The van der Waals surface area contributed by atoms with Crippen LogP contribution in [0, 0.1) is 0 Å². The number of hydrogen-bond acceptors (Lipinski definition) is 0. The Morgan fingerprint density at radius 3 is 1.14 bits per heavy atom. The Hall–Kier alpha value is -0.790. The minimum Gasteiger partial charge on any atom is -0.234 e. The molecule has 0 amide bonds. The molecule has 0 saturated carbocycles. The van der Waals surface area contributed by atoms with Crippen molar-refractivity contribution in [3.8, 4) is 0 Å². The van der Waals surface area contributed by atoms with Crippen molar-refractivity contribution in [1.29, 1.82) is 0 Å². The molecule has 0 fully saturated rings. The van der Waals surface area contributed by atoms with Crippen LogP contribution >= 0.6 is 0 Å². The Bertz CT molecular complexity index is 648. The zero-order valence-corrected chi connectivity index (χ0v) is 29.6. The molecule has 0 aromatic carbocycles. The first kappa shape index (κ1) is 39.2. The molecule has 1 aromatic rings. The summed E-state index contributed by atoms with van der Waals surface area (Å²) in [5.74, 6) is 1.62. The van der Waals surface area contributed by atoms with E-state index in [2.05, 4.69) is 42.3 Å². The average Bonchev–Trinajstić information content (AvgIpc) is 3.38. The molecule has 0 saturated heterocycles. The standard InChI is InChI=1S/C40H79N2/c1-4-7-10-13-15-17-19-21-22-23-24-26-28-30-32-35-40-41(36-33-12-9-6-3)38-39-42(40)37-34-31-29-27-25-20-18-16-14-11-8-5-2/h38-39H,4-37H2,1-3H3/q+1. The van der Waals surface area contributed by atoms with Gasteiger partial charge in [0.1, 0.15) is 12.4 Å². The molecule has 1 heterocycles. The maximum atomic E-state index is 2.62. The third-order valence-electron chi connectivity index (χ3n) is 9.60. The van der Waals surface area contributed by atoms with Crippen molar-refractivity contribution in [3.05, 3.63) is 18.2 Å². The average molecular weight is 588 g/mol. The fourth-order valence-corrected chi connectivity index (χ4v) is 6.68. The third-order valence-corrected chi connectivity index (χ3v) is 9.60. The second-order valence-electron chi connectivity index (χ2n) is 13.8. The lowest BCUT2D eigenvalue weighted by atomic mass is 10.0. The summed E-state index contributed by atoms with van der Waals surface area (Å²) >= 11 is 0. The summed E-state index contributed by atoms with van der Waals surface area (Å²) < 4.78 is 5.24. The van der Waals surface area contributed by atoms with Crippen LogP contribution in [-0.2, 0) is 19.5 Å². The number of aryl methyl sites for hydroxylation is 2. The number of hydrogen-bond donors (Lipinski definition) is 0. The zero-order chi connectivity index (χ0) is 30.2. The van der Waals surface area contributed by atoms with Crippen molar-refractivity contribution in [2.75, 3.05) is 0 Å². The fourth-order valence-electron chi connectivity index (χ4n) is 6.68. The smallest absolute Gasteiger partial charge is 0.234 e. The first-order chi connectivity index (χ1) is 20.8. The molecule has 0 bridgehead atoms. The predicted octanol–water partition coefficient (Wildman–Crippen LogP) is 13.5. The molecule has 2 heteroatoms. The van der Waals surface area contributed by atoms with Crippen LogP contribution in [0.4, 0.5) is 0 Å². The summed E-state index contributed by atoms with van der Waals surface area (Å²) in [7, 11) is 0. The van der Waals surface area contributed by atoms with Gasteiger partial charge in [-0.25, -0.2) is 9.13 Å². The number of aromatic nitrogens is 2. The van der Waals surface area contributed by atoms with Gasteiger partial charge in [0, 0.05) is 6.42 Å². The van der Waals surface area contributed by atoms with E-state index in [1.54, 1.807) is 5.82 Å². The van der Waals surface area contributed by atoms with Gasteiger partial charge in [0.05, 0.1) is 13.1 Å². The first-order valence-electron chi connectivity index (χ1n) is 19.9. The van der Waals surface area contributed by atoms with Crippen LogP contribution in [0.3, 0.4) is 0 Å². The third kappa shape index (κ3) is 23.6. The lowest BCUT2D eigenvalue weighted by molar-refractivity contribution is -0.704. The summed E-state index contributed by atoms with van der Waals surface area (Å²) in [6.07, 6.45) is 50.4. The highest BCUT2D eigenvalue weighted by Gasteiger charge is 2.16. The first-order valence-corrected chi connectivity index (χ1v) is 19.9. The van der Waals surface area contributed by atoms with Gasteiger partial charge in [0.25, 0.3) is 5.82 Å². The van der Waals surface area contributed by atoms with E-state index in [0.29, 0.717) is 0 Å². The van der Waals surface area contributed by atoms with E-state index >= 15 is 0 Å². The van der Waals surface area contributed by atoms with E-state index < -0.39 is 0 Å². The van der Waals surface area contributed by atoms with Gasteiger partial charge in [-0.3, -0.25) is 0 Å². The van der Waals surface area contributed by atoms with Crippen molar-refractivity contribution in [2.24, 2.45) is 0 Å². The van der Waals surface area contributed by atoms with Gasteiger partial charge in [-0.2, -0.15) is 0 Å². The quantitative estimate of drug-likeness (QED) is 0.0560. The molecule has 0 aliphatic rings. The van der Waals surface area contributed by atoms with Crippen LogP contribution in [0.25, 0.3) is 0 Å². The van der Waals surface area contributed by atoms with Gasteiger partial charge >= 0.3 is 0 Å². The number of imidazole rings is 1. The van der Waals surface area contributed by atoms with Crippen molar-refractivity contribution >= 4 is 0 Å². The van der Waals surface area contributed by atoms with Gasteiger partial charge < -0.3 is 0 Å². The summed E-state index contributed by atoms with van der Waals surface area (Å²) in [6.45, 7) is 9.39. The lowest BCUT2D eigenvalue weighted by Crippen LogP contribution is -2.37. The van der Waals surface area contributed by atoms with Crippen LogP contribution in [0.1, 0.15) is 226 Å². The Balaban J connectivity index is 2.17. The van der Waals surface area contributed by atoms with Crippen LogP contribution < -0.4 is 4.57 Å². The molecule has 248 valence electrons. The molecule has 0 atom stereocenters. The molecule has 1 aromatic heterocycles. The van der Waals surface area contributed by atoms with Crippen molar-refractivity contribution in [3.63, 3.8) is 0 Å². The minimum atomic E-state index is 1.22. The molecule has 1 rings (SSSR count). The second kappa shape index (κ2) is 31.6. The molecule has 0 radical (unpaired) electrons. The Kier molecular flexibility index (Phi) is 29.5. The molecule has 42 heavy (non-hydrogen) atoms. The van der Waals surface area contributed by atoms with E-state index in [9.17, 15) is 0 Å². The Morgan fingerprint density at radius 1 is 0.405 bits per heavy atom. The summed E-state index contributed by atoms with van der Waals surface area (Å²) in [4.78, 5) is 0. The monoisotopic (exact) mass is 588 g/mol. The molecule has 0 aliphatic heterocycles.